The third kappa shape index (κ3) is 5.80. The lowest BCUT2D eigenvalue weighted by Crippen LogP contribution is -2.40. The van der Waals surface area contributed by atoms with Gasteiger partial charge in [0.05, 0.1) is 28.2 Å². The number of nitrogens with one attached hydrogen (secondary N) is 2. The third-order valence-electron chi connectivity index (χ3n) is 5.83. The molecule has 0 unspecified atom stereocenters. The number of alkyl halides is 3. The van der Waals surface area contributed by atoms with E-state index in [1.807, 2.05) is 0 Å². The number of rotatable bonds is 7. The second-order valence-corrected chi connectivity index (χ2v) is 8.22. The molecule has 1 aromatic carbocycles. The number of aromatic nitrogens is 2. The first-order chi connectivity index (χ1) is 15.6. The molecule has 178 valence electrons. The van der Waals surface area contributed by atoms with E-state index in [9.17, 15) is 27.6 Å². The van der Waals surface area contributed by atoms with Gasteiger partial charge in [-0.2, -0.15) is 18.3 Å². The Hall–Kier alpha value is -3.17. The topological polar surface area (TPSA) is 93.1 Å². The Morgan fingerprint density at radius 1 is 1.06 bits per heavy atom. The zero-order valence-corrected chi connectivity index (χ0v) is 18.6. The van der Waals surface area contributed by atoms with Gasteiger partial charge in [0.15, 0.2) is 0 Å². The molecule has 0 radical (unpaired) electrons. The van der Waals surface area contributed by atoms with E-state index >= 15 is 0 Å². The third-order valence-corrected chi connectivity index (χ3v) is 5.83. The SMILES string of the molecule is Cc1nn(-c2cccc(C(F)(F)F)c2)c(C)c1C(=O)C(=O)NCCNC(=O)C1CCCCC1. The predicted octanol–water partition coefficient (Wildman–Crippen LogP) is 3.50. The molecule has 1 aliphatic carbocycles. The van der Waals surface area contributed by atoms with E-state index in [0.717, 1.165) is 44.2 Å². The lowest BCUT2D eigenvalue weighted by Gasteiger charge is -2.20. The molecule has 2 amide bonds. The van der Waals surface area contributed by atoms with E-state index in [1.54, 1.807) is 0 Å². The van der Waals surface area contributed by atoms with Crippen LogP contribution in [0, 0.1) is 19.8 Å². The highest BCUT2D eigenvalue weighted by Crippen LogP contribution is 2.31. The molecule has 1 fully saturated rings. The highest BCUT2D eigenvalue weighted by atomic mass is 19.4. The minimum absolute atomic E-state index is 0.00284. The molecule has 1 saturated carbocycles. The van der Waals surface area contributed by atoms with Crippen molar-refractivity contribution in [3.05, 3.63) is 46.8 Å². The first-order valence-corrected chi connectivity index (χ1v) is 10.9. The van der Waals surface area contributed by atoms with E-state index in [4.69, 9.17) is 0 Å². The number of hydrogen-bond donors (Lipinski definition) is 2. The van der Waals surface area contributed by atoms with Gasteiger partial charge in [0.1, 0.15) is 0 Å². The minimum Gasteiger partial charge on any atom is -0.354 e. The van der Waals surface area contributed by atoms with Crippen molar-refractivity contribution < 1.29 is 27.6 Å². The van der Waals surface area contributed by atoms with Crippen molar-refractivity contribution in [3.8, 4) is 5.69 Å². The lowest BCUT2D eigenvalue weighted by atomic mass is 9.89. The van der Waals surface area contributed by atoms with Crippen molar-refractivity contribution >= 4 is 17.6 Å². The maximum Gasteiger partial charge on any atom is 0.416 e. The number of aryl methyl sites for hydroxylation is 1. The normalized spacial score (nSPS) is 14.7. The van der Waals surface area contributed by atoms with Gasteiger partial charge < -0.3 is 10.6 Å². The first-order valence-electron chi connectivity index (χ1n) is 10.9. The predicted molar refractivity (Wildman–Crippen MR) is 115 cm³/mol. The Balaban J connectivity index is 1.62. The largest absolute Gasteiger partial charge is 0.416 e. The molecule has 1 heterocycles. The average molecular weight is 464 g/mol. The monoisotopic (exact) mass is 464 g/mol. The number of benzene rings is 1. The molecular weight excluding hydrogens is 437 g/mol. The molecule has 0 aliphatic heterocycles. The van der Waals surface area contributed by atoms with Gasteiger partial charge in [0, 0.05) is 19.0 Å². The molecule has 2 N–H and O–H groups in total. The summed E-state index contributed by atoms with van der Waals surface area (Å²) in [4.78, 5) is 37.2. The Morgan fingerprint density at radius 3 is 2.39 bits per heavy atom. The van der Waals surface area contributed by atoms with E-state index in [-0.39, 0.29) is 47.6 Å². The smallest absolute Gasteiger partial charge is 0.354 e. The van der Waals surface area contributed by atoms with Gasteiger partial charge >= 0.3 is 6.18 Å². The van der Waals surface area contributed by atoms with Crippen molar-refractivity contribution in [2.45, 2.75) is 52.1 Å². The average Bonchev–Trinajstić information content (AvgIpc) is 3.09. The van der Waals surface area contributed by atoms with Gasteiger partial charge in [0.2, 0.25) is 5.91 Å². The molecule has 1 aliphatic rings. The van der Waals surface area contributed by atoms with Crippen LogP contribution in [-0.2, 0) is 15.8 Å². The van der Waals surface area contributed by atoms with Crippen LogP contribution in [0.1, 0.15) is 59.4 Å². The molecule has 0 spiro atoms. The number of carbonyl (C=O) groups excluding carboxylic acids is 3. The minimum atomic E-state index is -4.52. The Morgan fingerprint density at radius 2 is 1.73 bits per heavy atom. The van der Waals surface area contributed by atoms with E-state index in [0.29, 0.717) is 0 Å². The highest BCUT2D eigenvalue weighted by molar-refractivity contribution is 6.43. The van der Waals surface area contributed by atoms with Crippen LogP contribution in [0.15, 0.2) is 24.3 Å². The van der Waals surface area contributed by atoms with E-state index in [2.05, 4.69) is 15.7 Å². The number of halogens is 3. The van der Waals surface area contributed by atoms with Gasteiger partial charge in [-0.05, 0) is 44.9 Å². The summed E-state index contributed by atoms with van der Waals surface area (Å²) in [5, 5.41) is 9.43. The van der Waals surface area contributed by atoms with Crippen LogP contribution in [0.25, 0.3) is 5.69 Å². The summed E-state index contributed by atoms with van der Waals surface area (Å²) in [6.45, 7) is 3.33. The first kappa shape index (κ1) is 24.5. The summed E-state index contributed by atoms with van der Waals surface area (Å²) in [6, 6.07) is 4.58. The van der Waals surface area contributed by atoms with Crippen molar-refractivity contribution in [1.82, 2.24) is 20.4 Å². The Labute approximate surface area is 189 Å². The van der Waals surface area contributed by atoms with Crippen molar-refractivity contribution in [1.29, 1.82) is 0 Å². The fraction of sp³-hybridized carbons (Fsp3) is 0.478. The Kier molecular flexibility index (Phi) is 7.55. The molecule has 2 aromatic rings. The van der Waals surface area contributed by atoms with E-state index in [1.165, 1.54) is 30.7 Å². The number of carbonyl (C=O) groups is 3. The summed E-state index contributed by atoms with van der Waals surface area (Å²) in [6.07, 6.45) is 0.435. The fourth-order valence-electron chi connectivity index (χ4n) is 4.10. The molecule has 0 saturated heterocycles. The van der Waals surface area contributed by atoms with Crippen molar-refractivity contribution in [3.63, 3.8) is 0 Å². The van der Waals surface area contributed by atoms with Crippen molar-refractivity contribution in [2.24, 2.45) is 5.92 Å². The van der Waals surface area contributed by atoms with Gasteiger partial charge in [-0.1, -0.05) is 25.3 Å². The van der Waals surface area contributed by atoms with Crippen molar-refractivity contribution in [2.75, 3.05) is 13.1 Å². The van der Waals surface area contributed by atoms with Gasteiger partial charge in [-0.25, -0.2) is 4.68 Å². The van der Waals surface area contributed by atoms with Gasteiger partial charge in [0.25, 0.3) is 11.7 Å². The molecule has 0 bridgehead atoms. The van der Waals surface area contributed by atoms with Crippen LogP contribution >= 0.6 is 0 Å². The molecular formula is C23H27F3N4O3. The van der Waals surface area contributed by atoms with Crippen LogP contribution in [0.2, 0.25) is 0 Å². The maximum atomic E-state index is 13.0. The number of Topliss-reactive ketones (excluding diaryl/α,β-unsaturated/α-hetero) is 1. The number of amides is 2. The number of nitrogens with zero attached hydrogens (tertiary/aromatic N) is 2. The maximum absolute atomic E-state index is 13.0. The lowest BCUT2D eigenvalue weighted by molar-refractivity contribution is -0.137. The molecule has 0 atom stereocenters. The number of ketones is 1. The van der Waals surface area contributed by atoms with Crippen LogP contribution in [-0.4, -0.2) is 40.5 Å². The summed E-state index contributed by atoms with van der Waals surface area (Å²) < 4.78 is 40.3. The molecule has 7 nitrogen and oxygen atoms in total. The summed E-state index contributed by atoms with van der Waals surface area (Å²) in [5.74, 6) is -1.73. The van der Waals surface area contributed by atoms with Crippen LogP contribution in [0.4, 0.5) is 13.2 Å². The molecule has 10 heteroatoms. The second-order valence-electron chi connectivity index (χ2n) is 8.22. The highest BCUT2D eigenvalue weighted by Gasteiger charge is 2.31. The summed E-state index contributed by atoms with van der Waals surface area (Å²) >= 11 is 0. The molecule has 1 aromatic heterocycles. The molecule has 3 rings (SSSR count). The zero-order valence-electron chi connectivity index (χ0n) is 18.6. The quantitative estimate of drug-likeness (QED) is 0.373. The van der Waals surface area contributed by atoms with E-state index < -0.39 is 23.4 Å². The zero-order chi connectivity index (χ0) is 24.2. The van der Waals surface area contributed by atoms with Gasteiger partial charge in [-0.15, -0.1) is 0 Å². The van der Waals surface area contributed by atoms with Crippen LogP contribution < -0.4 is 10.6 Å². The van der Waals surface area contributed by atoms with Crippen LogP contribution in [0.5, 0.6) is 0 Å². The van der Waals surface area contributed by atoms with Crippen LogP contribution in [0.3, 0.4) is 0 Å². The fourth-order valence-corrected chi connectivity index (χ4v) is 4.10. The Bertz CT molecular complexity index is 1040. The number of hydrogen-bond acceptors (Lipinski definition) is 4. The second kappa shape index (κ2) is 10.2. The van der Waals surface area contributed by atoms with Gasteiger partial charge in [-0.3, -0.25) is 14.4 Å². The summed E-state index contributed by atoms with van der Waals surface area (Å²) in [5.41, 5.74) is -0.173. The standard InChI is InChI=1S/C23H27F3N4O3/c1-14-19(15(2)30(29-14)18-10-6-9-17(13-18)23(24,25)26)20(31)22(33)28-12-11-27-21(32)16-7-4-3-5-8-16/h6,9-10,13,16H,3-5,7-8,11-12H2,1-2H3,(H,27,32)(H,28,33). The summed E-state index contributed by atoms with van der Waals surface area (Å²) in [7, 11) is 0. The molecule has 33 heavy (non-hydrogen) atoms.